The number of unbranched alkanes of at least 4 members (excludes halogenated alkanes) is 2. The van der Waals surface area contributed by atoms with Gasteiger partial charge in [0, 0.05) is 9.52 Å². The molecule has 4 aromatic rings. The Kier molecular flexibility index (Phi) is 15.6. The molecule has 0 amide bonds. The second-order valence-electron chi connectivity index (χ2n) is 6.19. The molecule has 0 aliphatic carbocycles. The van der Waals surface area contributed by atoms with Crippen LogP contribution in [0.2, 0.25) is 12.6 Å². The van der Waals surface area contributed by atoms with Gasteiger partial charge in [0.15, 0.2) is 0 Å². The molecule has 4 heteroatoms. The summed E-state index contributed by atoms with van der Waals surface area (Å²) in [6.45, 7) is 4.52. The van der Waals surface area contributed by atoms with E-state index in [0.717, 1.165) is 0 Å². The van der Waals surface area contributed by atoms with Crippen LogP contribution in [0.5, 0.6) is 0 Å². The minimum atomic E-state index is -0.826. The summed E-state index contributed by atoms with van der Waals surface area (Å²) in [5.41, 5.74) is 0. The van der Waals surface area contributed by atoms with Gasteiger partial charge in [0.05, 0.1) is 0 Å². The average Bonchev–Trinajstić information content (AvgIpc) is 3.39. The summed E-state index contributed by atoms with van der Waals surface area (Å²) in [4.78, 5) is 0. The molecule has 146 valence electrons. The van der Waals surface area contributed by atoms with E-state index in [1.165, 1.54) is 56.4 Å². The molecule has 0 N–H and O–H groups in total. The van der Waals surface area contributed by atoms with Gasteiger partial charge in [-0.25, -0.2) is 0 Å². The van der Waals surface area contributed by atoms with Crippen molar-refractivity contribution in [1.29, 1.82) is 0 Å². The van der Waals surface area contributed by atoms with Crippen molar-refractivity contribution in [3.63, 3.8) is 0 Å². The van der Waals surface area contributed by atoms with Crippen molar-refractivity contribution in [1.82, 2.24) is 0 Å². The van der Waals surface area contributed by atoms with E-state index in [1.54, 1.807) is 0 Å². The smallest absolute Gasteiger partial charge is 0.0809 e. The van der Waals surface area contributed by atoms with Crippen LogP contribution in [0.25, 0.3) is 21.5 Å². The molecule has 2 radical (unpaired) electrons. The van der Waals surface area contributed by atoms with Crippen LogP contribution < -0.4 is 0 Å². The van der Waals surface area contributed by atoms with Crippen molar-refractivity contribution >= 4 is 48.1 Å². The zero-order valence-electron chi connectivity index (χ0n) is 16.7. The monoisotopic (exact) mass is 504 g/mol. The summed E-state index contributed by atoms with van der Waals surface area (Å²) in [5.74, 6) is 0. The summed E-state index contributed by atoms with van der Waals surface area (Å²) in [7, 11) is 11.0. The summed E-state index contributed by atoms with van der Waals surface area (Å²) < 4.78 is 0. The van der Waals surface area contributed by atoms with Gasteiger partial charge in [-0.2, -0.15) is 35.0 Å². The van der Waals surface area contributed by atoms with E-state index in [9.17, 15) is 0 Å². The number of hydrogen-bond acceptors (Lipinski definition) is 0. The van der Waals surface area contributed by atoms with Gasteiger partial charge in [-0.1, -0.05) is 50.9 Å². The number of halogens is 2. The maximum absolute atomic E-state index is 4.93. The molecule has 0 saturated heterocycles. The van der Waals surface area contributed by atoms with E-state index in [4.69, 9.17) is 17.0 Å². The van der Waals surface area contributed by atoms with Crippen molar-refractivity contribution < 1.29 is 20.8 Å². The molecular formula is C24H28Cl2SiZr. The second kappa shape index (κ2) is 17.2. The summed E-state index contributed by atoms with van der Waals surface area (Å²) >= 11 is -0.826. The molecule has 0 spiro atoms. The Morgan fingerprint density at radius 2 is 1.25 bits per heavy atom. The van der Waals surface area contributed by atoms with Crippen LogP contribution in [0.1, 0.15) is 26.2 Å². The van der Waals surface area contributed by atoms with Crippen LogP contribution >= 0.6 is 17.0 Å². The second-order valence-corrected chi connectivity index (χ2v) is 11.1. The summed E-state index contributed by atoms with van der Waals surface area (Å²) in [6.07, 6.45) is 4.25. The topological polar surface area (TPSA) is 0 Å². The Balaban J connectivity index is 0.000000199. The fraction of sp³-hybridized carbons (Fsp3) is 0.250. The van der Waals surface area contributed by atoms with Gasteiger partial charge < -0.3 is 0 Å². The fourth-order valence-electron chi connectivity index (χ4n) is 2.69. The molecule has 0 nitrogen and oxygen atoms in total. The van der Waals surface area contributed by atoms with Crippen molar-refractivity contribution in [3.8, 4) is 0 Å². The van der Waals surface area contributed by atoms with Crippen LogP contribution in [0.4, 0.5) is 0 Å². The van der Waals surface area contributed by atoms with E-state index in [1.807, 2.05) is 0 Å². The first-order valence-corrected chi connectivity index (χ1v) is 17.6. The third kappa shape index (κ3) is 10.8. The normalized spacial score (nSPS) is 9.29. The van der Waals surface area contributed by atoms with Gasteiger partial charge in [-0.3, -0.25) is 0 Å². The van der Waals surface area contributed by atoms with Crippen molar-refractivity contribution in [3.05, 3.63) is 84.9 Å². The van der Waals surface area contributed by atoms with Crippen molar-refractivity contribution in [2.45, 2.75) is 38.8 Å². The molecule has 0 fully saturated rings. The molecule has 4 rings (SSSR count). The molecule has 0 saturated carbocycles. The van der Waals surface area contributed by atoms with Gasteiger partial charge in [0.25, 0.3) is 0 Å². The minimum absolute atomic E-state index is 0.826. The quantitative estimate of drug-likeness (QED) is 0.147. The number of rotatable bonds is 4. The van der Waals surface area contributed by atoms with Gasteiger partial charge in [0.2, 0.25) is 0 Å². The molecule has 0 atom stereocenters. The first-order valence-electron chi connectivity index (χ1n) is 9.58. The maximum Gasteiger partial charge on any atom is -0.0809 e. The third-order valence-electron chi connectivity index (χ3n) is 4.13. The Labute approximate surface area is 191 Å². The van der Waals surface area contributed by atoms with Gasteiger partial charge in [-0.15, -0.1) is 59.3 Å². The van der Waals surface area contributed by atoms with E-state index >= 15 is 0 Å². The predicted octanol–water partition coefficient (Wildman–Crippen LogP) is 8.84. The van der Waals surface area contributed by atoms with E-state index in [2.05, 4.69) is 98.4 Å². The zero-order valence-corrected chi connectivity index (χ0v) is 21.6. The SMILES string of the molecule is CCCCC[Si]C.[Cl][Zr+2][Cl].c1ccc2[cH-]ccc2c1.c1ccc2[cH-]ccc2c1. The van der Waals surface area contributed by atoms with E-state index in [0.29, 0.717) is 0 Å². The molecule has 0 unspecified atom stereocenters. The van der Waals surface area contributed by atoms with Crippen molar-refractivity contribution in [2.75, 3.05) is 0 Å². The minimum Gasteiger partial charge on any atom is -0.168 e. The summed E-state index contributed by atoms with van der Waals surface area (Å²) in [5, 5.41) is 5.32. The van der Waals surface area contributed by atoms with Crippen LogP contribution in [0.3, 0.4) is 0 Å². The molecule has 28 heavy (non-hydrogen) atoms. The number of benzene rings is 2. The molecular weight excluding hydrogens is 478 g/mol. The number of hydrogen-bond donors (Lipinski definition) is 0. The predicted molar refractivity (Wildman–Crippen MR) is 127 cm³/mol. The first kappa shape index (κ1) is 25.4. The molecule has 0 aliphatic heterocycles. The van der Waals surface area contributed by atoms with Gasteiger partial charge >= 0.3 is 37.9 Å². The average molecular weight is 507 g/mol. The largest absolute Gasteiger partial charge is 0.168 e. The van der Waals surface area contributed by atoms with Crippen LogP contribution in [-0.2, 0) is 20.8 Å². The van der Waals surface area contributed by atoms with Gasteiger partial charge in [0.1, 0.15) is 0 Å². The molecule has 4 aromatic carbocycles. The Bertz CT molecular complexity index is 723. The fourth-order valence-corrected chi connectivity index (χ4v) is 3.30. The van der Waals surface area contributed by atoms with Crippen LogP contribution in [0, 0.1) is 0 Å². The first-order chi connectivity index (χ1) is 13.8. The van der Waals surface area contributed by atoms with Crippen LogP contribution in [0.15, 0.2) is 84.9 Å². The van der Waals surface area contributed by atoms with Crippen molar-refractivity contribution in [2.24, 2.45) is 0 Å². The number of fused-ring (bicyclic) bond motifs is 2. The van der Waals surface area contributed by atoms with E-state index in [-0.39, 0.29) is 0 Å². The standard InChI is InChI=1S/2C9H7.C6H14Si.2ClH.Zr/c2*1-2-5-9-7-3-6-8(9)4-1;1-3-4-5-6-7-2;;;/h2*1-7H;3-6H2,1-2H3;2*1H;/q2*-1;;;;+4/p-2. The maximum atomic E-state index is 4.93. The Morgan fingerprint density at radius 3 is 1.64 bits per heavy atom. The zero-order chi connectivity index (χ0) is 20.5. The summed E-state index contributed by atoms with van der Waals surface area (Å²) in [6, 6.07) is 30.8. The third-order valence-corrected chi connectivity index (χ3v) is 4.98. The Hall–Kier alpha value is -0.660. The van der Waals surface area contributed by atoms with Gasteiger partial charge in [-0.05, 0) is 0 Å². The molecule has 0 bridgehead atoms. The molecule has 0 heterocycles. The Morgan fingerprint density at radius 1 is 0.786 bits per heavy atom. The molecule has 0 aromatic heterocycles. The van der Waals surface area contributed by atoms with E-state index < -0.39 is 20.8 Å². The van der Waals surface area contributed by atoms with Crippen LogP contribution in [-0.4, -0.2) is 9.52 Å². The molecule has 0 aliphatic rings.